The van der Waals surface area contributed by atoms with Crippen LogP contribution in [0.2, 0.25) is 6.82 Å². The van der Waals surface area contributed by atoms with Crippen LogP contribution >= 0.6 is 15.9 Å². The molecule has 0 unspecified atom stereocenters. The molecule has 0 saturated heterocycles. The molecule has 0 aromatic heterocycles. The predicted octanol–water partition coefficient (Wildman–Crippen LogP) is 1.83. The summed E-state index contributed by atoms with van der Waals surface area (Å²) >= 11 is 3.36. The molecule has 0 N–H and O–H groups in total. The topological polar surface area (TPSA) is 0 Å². The zero-order chi connectivity index (χ0) is 6.69. The summed E-state index contributed by atoms with van der Waals surface area (Å²) in [6, 6.07) is 8.22. The van der Waals surface area contributed by atoms with E-state index in [0.29, 0.717) is 0 Å². The molecule has 0 bridgehead atoms. The highest BCUT2D eigenvalue weighted by atomic mass is 79.9. The molecule has 0 fully saturated rings. The summed E-state index contributed by atoms with van der Waals surface area (Å²) in [7, 11) is 2.08. The van der Waals surface area contributed by atoms with E-state index in [1.54, 1.807) is 0 Å². The van der Waals surface area contributed by atoms with E-state index in [4.69, 9.17) is 0 Å². The fraction of sp³-hybridized carbons (Fsp3) is 0.143. The Morgan fingerprint density at radius 2 is 1.78 bits per heavy atom. The van der Waals surface area contributed by atoms with Crippen molar-refractivity contribution < 1.29 is 0 Å². The molecule has 1 aromatic rings. The van der Waals surface area contributed by atoms with Gasteiger partial charge in [-0.3, -0.25) is 0 Å². The van der Waals surface area contributed by atoms with Crippen molar-refractivity contribution >= 4 is 28.7 Å². The van der Waals surface area contributed by atoms with Gasteiger partial charge >= 0.3 is 0 Å². The Labute approximate surface area is 64.7 Å². The van der Waals surface area contributed by atoms with Crippen LogP contribution in [0.25, 0.3) is 0 Å². The normalized spacial score (nSPS) is 9.11. The SMILES string of the molecule is C[B]c1ccc(Br)cc1. The fourth-order valence-electron chi connectivity index (χ4n) is 0.655. The molecule has 0 aliphatic heterocycles. The summed E-state index contributed by atoms with van der Waals surface area (Å²) < 4.78 is 1.13. The van der Waals surface area contributed by atoms with Crippen molar-refractivity contribution in [1.82, 2.24) is 0 Å². The summed E-state index contributed by atoms with van der Waals surface area (Å²) in [5, 5.41) is 0. The van der Waals surface area contributed by atoms with Gasteiger partial charge in [-0.25, -0.2) is 0 Å². The largest absolute Gasteiger partial charge is 0.148 e. The van der Waals surface area contributed by atoms with Crippen molar-refractivity contribution in [2.75, 3.05) is 0 Å². The third-order valence-corrected chi connectivity index (χ3v) is 1.73. The zero-order valence-electron chi connectivity index (χ0n) is 5.26. The van der Waals surface area contributed by atoms with E-state index in [9.17, 15) is 0 Å². The Balaban J connectivity index is 2.88. The van der Waals surface area contributed by atoms with E-state index in [0.717, 1.165) is 4.47 Å². The number of hydrogen-bond donors (Lipinski definition) is 0. The third kappa shape index (κ3) is 1.86. The lowest BCUT2D eigenvalue weighted by Crippen LogP contribution is -2.08. The van der Waals surface area contributed by atoms with Crippen LogP contribution in [0.1, 0.15) is 0 Å². The minimum atomic E-state index is 1.13. The first-order chi connectivity index (χ1) is 4.33. The zero-order valence-corrected chi connectivity index (χ0v) is 6.85. The van der Waals surface area contributed by atoms with E-state index < -0.39 is 0 Å². The molecule has 0 heterocycles. The van der Waals surface area contributed by atoms with Gasteiger partial charge in [-0.15, -0.1) is 0 Å². The average molecular weight is 182 g/mol. The molecule has 2 heteroatoms. The quantitative estimate of drug-likeness (QED) is 0.581. The fourth-order valence-corrected chi connectivity index (χ4v) is 0.920. The summed E-state index contributed by atoms with van der Waals surface area (Å²) in [5.74, 6) is 0. The second-order valence-corrected chi connectivity index (χ2v) is 2.76. The molecular formula is C7H7BBr. The lowest BCUT2D eigenvalue weighted by atomic mass is 9.74. The van der Waals surface area contributed by atoms with E-state index in [1.807, 2.05) is 19.0 Å². The summed E-state index contributed by atoms with van der Waals surface area (Å²) in [6.07, 6.45) is 0. The third-order valence-electron chi connectivity index (χ3n) is 1.20. The van der Waals surface area contributed by atoms with Crippen molar-refractivity contribution in [1.29, 1.82) is 0 Å². The second kappa shape index (κ2) is 3.07. The summed E-state index contributed by atoms with van der Waals surface area (Å²) in [4.78, 5) is 0. The average Bonchev–Trinajstić information content (AvgIpc) is 1.90. The molecule has 0 saturated carbocycles. The first kappa shape index (κ1) is 6.88. The smallest absolute Gasteiger partial charge is 0.0880 e. The molecule has 1 aromatic carbocycles. The van der Waals surface area contributed by atoms with E-state index >= 15 is 0 Å². The van der Waals surface area contributed by atoms with Crippen LogP contribution in [-0.4, -0.2) is 7.28 Å². The van der Waals surface area contributed by atoms with Crippen LogP contribution in [-0.2, 0) is 0 Å². The van der Waals surface area contributed by atoms with Crippen molar-refractivity contribution in [3.63, 3.8) is 0 Å². The molecule has 0 spiro atoms. The monoisotopic (exact) mass is 181 g/mol. The number of hydrogen-bond acceptors (Lipinski definition) is 0. The first-order valence-electron chi connectivity index (χ1n) is 2.88. The maximum absolute atomic E-state index is 3.36. The highest BCUT2D eigenvalue weighted by Gasteiger charge is 1.87. The standard InChI is InChI=1S/C7H7BBr/c1-8-6-2-4-7(9)5-3-6/h2-5H,1H3. The molecular weight excluding hydrogens is 175 g/mol. The Morgan fingerprint density at radius 3 is 2.22 bits per heavy atom. The van der Waals surface area contributed by atoms with Crippen molar-refractivity contribution in [3.8, 4) is 0 Å². The molecule has 1 rings (SSSR count). The minimum Gasteiger partial charge on any atom is -0.0880 e. The molecule has 1 radical (unpaired) electrons. The van der Waals surface area contributed by atoms with Crippen molar-refractivity contribution in [2.24, 2.45) is 0 Å². The lowest BCUT2D eigenvalue weighted by molar-refractivity contribution is 1.69. The van der Waals surface area contributed by atoms with Crippen LogP contribution in [0.15, 0.2) is 28.7 Å². The van der Waals surface area contributed by atoms with Gasteiger partial charge in [0.2, 0.25) is 0 Å². The highest BCUT2D eigenvalue weighted by molar-refractivity contribution is 9.10. The van der Waals surface area contributed by atoms with Crippen LogP contribution in [0.5, 0.6) is 0 Å². The molecule has 0 aliphatic rings. The summed E-state index contributed by atoms with van der Waals surface area (Å²) in [5.41, 5.74) is 1.26. The van der Waals surface area contributed by atoms with Gasteiger partial charge in [-0.2, -0.15) is 0 Å². The predicted molar refractivity (Wildman–Crippen MR) is 45.4 cm³/mol. The Morgan fingerprint density at radius 1 is 1.22 bits per heavy atom. The second-order valence-electron chi connectivity index (χ2n) is 1.84. The molecule has 9 heavy (non-hydrogen) atoms. The van der Waals surface area contributed by atoms with E-state index in [-0.39, 0.29) is 0 Å². The van der Waals surface area contributed by atoms with E-state index in [2.05, 4.69) is 35.3 Å². The van der Waals surface area contributed by atoms with E-state index in [1.165, 1.54) is 5.46 Å². The van der Waals surface area contributed by atoms with Crippen LogP contribution < -0.4 is 5.46 Å². The number of rotatable bonds is 1. The van der Waals surface area contributed by atoms with Gasteiger partial charge in [0.15, 0.2) is 0 Å². The molecule has 45 valence electrons. The summed E-state index contributed by atoms with van der Waals surface area (Å²) in [6.45, 7) is 2.03. The van der Waals surface area contributed by atoms with Gasteiger partial charge in [0.25, 0.3) is 0 Å². The van der Waals surface area contributed by atoms with Gasteiger partial charge < -0.3 is 0 Å². The Hall–Kier alpha value is -0.235. The lowest BCUT2D eigenvalue weighted by Gasteiger charge is -1.92. The van der Waals surface area contributed by atoms with Crippen LogP contribution in [0.3, 0.4) is 0 Å². The molecule has 0 aliphatic carbocycles. The van der Waals surface area contributed by atoms with Gasteiger partial charge in [-0.05, 0) is 12.1 Å². The van der Waals surface area contributed by atoms with Crippen LogP contribution in [0, 0.1) is 0 Å². The molecule has 0 amide bonds. The Kier molecular flexibility index (Phi) is 2.34. The first-order valence-corrected chi connectivity index (χ1v) is 3.67. The minimum absolute atomic E-state index is 1.13. The number of halogens is 1. The molecule has 0 nitrogen and oxygen atoms in total. The Bertz CT molecular complexity index is 181. The highest BCUT2D eigenvalue weighted by Crippen LogP contribution is 2.04. The van der Waals surface area contributed by atoms with Gasteiger partial charge in [0.05, 0.1) is 0 Å². The number of benzene rings is 1. The van der Waals surface area contributed by atoms with Crippen molar-refractivity contribution in [3.05, 3.63) is 28.7 Å². The van der Waals surface area contributed by atoms with Crippen LogP contribution in [0.4, 0.5) is 0 Å². The van der Waals surface area contributed by atoms with Gasteiger partial charge in [0.1, 0.15) is 7.28 Å². The van der Waals surface area contributed by atoms with Gasteiger partial charge in [0, 0.05) is 4.47 Å². The molecule has 0 atom stereocenters. The van der Waals surface area contributed by atoms with Crippen molar-refractivity contribution in [2.45, 2.75) is 6.82 Å². The maximum Gasteiger partial charge on any atom is 0.148 e. The van der Waals surface area contributed by atoms with Gasteiger partial charge in [-0.1, -0.05) is 40.3 Å². The maximum atomic E-state index is 3.36.